The van der Waals surface area contributed by atoms with Crippen molar-refractivity contribution in [3.63, 3.8) is 0 Å². The topological polar surface area (TPSA) is 86.0 Å². The Hall–Kier alpha value is -1.06. The molecule has 3 aromatic rings. The molecule has 6 nitrogen and oxygen atoms in total. The van der Waals surface area contributed by atoms with E-state index in [-0.39, 0.29) is 80.2 Å². The Labute approximate surface area is 284 Å². The van der Waals surface area contributed by atoms with Crippen molar-refractivity contribution in [1.29, 1.82) is 0 Å². The van der Waals surface area contributed by atoms with Gasteiger partial charge in [-0.1, -0.05) is 125 Å². The molecule has 0 aliphatic carbocycles. The SMILES string of the molecule is CC(C)(C)c1n[nH]c(C(C)(C)C)c1B(c1c(C(C)(C)C)n[nH]c1C(C)(C)C)c1c(C(C)(C)C)n[nH]c1C(C)(C)C.[Fe].[I]. The molecule has 0 saturated carbocycles. The molecule has 0 aliphatic heterocycles. The molecule has 0 spiro atoms. The van der Waals surface area contributed by atoms with Gasteiger partial charge in [0.15, 0.2) is 0 Å². The first kappa shape index (κ1) is 39.0. The van der Waals surface area contributed by atoms with Crippen LogP contribution in [0.1, 0.15) is 159 Å². The van der Waals surface area contributed by atoms with Gasteiger partial charge >= 0.3 is 0 Å². The zero-order chi connectivity index (χ0) is 31.0. The van der Waals surface area contributed by atoms with Gasteiger partial charge in [0.2, 0.25) is 0 Å². The molecule has 0 bridgehead atoms. The molecule has 0 aliphatic rings. The largest absolute Gasteiger partial charge is 0.282 e. The van der Waals surface area contributed by atoms with E-state index in [1.807, 2.05) is 0 Å². The van der Waals surface area contributed by atoms with E-state index in [1.54, 1.807) is 0 Å². The van der Waals surface area contributed by atoms with Crippen LogP contribution in [0.2, 0.25) is 0 Å². The molecule has 3 heterocycles. The molecular weight excluding hydrogens is 674 g/mol. The quantitative estimate of drug-likeness (QED) is 0.200. The van der Waals surface area contributed by atoms with Gasteiger partial charge in [-0.2, -0.15) is 15.3 Å². The van der Waals surface area contributed by atoms with E-state index >= 15 is 0 Å². The fourth-order valence-corrected chi connectivity index (χ4v) is 5.76. The normalized spacial score (nSPS) is 13.6. The molecule has 3 aromatic heterocycles. The first-order chi connectivity index (χ1) is 17.7. The number of nitrogens with zero attached hydrogens (tertiary/aromatic N) is 3. The summed E-state index contributed by atoms with van der Waals surface area (Å²) < 4.78 is 0. The van der Waals surface area contributed by atoms with Crippen molar-refractivity contribution in [2.24, 2.45) is 0 Å². The third kappa shape index (κ3) is 7.59. The Morgan fingerprint density at radius 3 is 0.714 bits per heavy atom. The van der Waals surface area contributed by atoms with Crippen LogP contribution in [0.3, 0.4) is 0 Å². The van der Waals surface area contributed by atoms with Crippen LogP contribution in [0.4, 0.5) is 0 Å². The molecule has 0 atom stereocenters. The minimum atomic E-state index is -0.172. The number of halogens is 1. The maximum atomic E-state index is 5.08. The standard InChI is InChI=1S/C33H57BN6.Fe.I/c1-28(2,3)22-19(23(36-35-22)29(4,5)6)34(20-24(30(7,8)9)37-38-25(20)31(10,11)12)21-26(32(13,14)15)39-40-27(21)33(16,17)18;;/h1-18H3,(H,35,36)(H,37,38)(H,39,40);;. The second-order valence-corrected chi connectivity index (χ2v) is 18.0. The number of aromatic amines is 3. The minimum absolute atomic E-state index is 0. The van der Waals surface area contributed by atoms with Crippen molar-refractivity contribution >= 4 is 47.1 Å². The van der Waals surface area contributed by atoms with Gasteiger partial charge in [0.1, 0.15) is 0 Å². The van der Waals surface area contributed by atoms with Crippen molar-refractivity contribution < 1.29 is 17.1 Å². The van der Waals surface area contributed by atoms with Crippen LogP contribution in [0.15, 0.2) is 0 Å². The Bertz CT molecular complexity index is 1090. The van der Waals surface area contributed by atoms with E-state index in [0.717, 1.165) is 17.1 Å². The zero-order valence-electron chi connectivity index (χ0n) is 29.7. The number of rotatable bonds is 3. The van der Waals surface area contributed by atoms with Gasteiger partial charge < -0.3 is 0 Å². The molecule has 1 radical (unpaired) electrons. The van der Waals surface area contributed by atoms with Crippen LogP contribution in [0.5, 0.6) is 0 Å². The number of H-pyrrole nitrogens is 3. The number of nitrogens with one attached hydrogen (secondary N) is 3. The van der Waals surface area contributed by atoms with Crippen molar-refractivity contribution in [3.8, 4) is 0 Å². The molecular formula is C33H57BFeIN6. The summed E-state index contributed by atoms with van der Waals surface area (Å²) in [6, 6.07) is 0. The molecule has 0 unspecified atom stereocenters. The number of hydrogen-bond acceptors (Lipinski definition) is 3. The summed E-state index contributed by atoms with van der Waals surface area (Å²) >= 11 is 0. The van der Waals surface area contributed by atoms with Crippen molar-refractivity contribution in [1.82, 2.24) is 30.6 Å². The predicted octanol–water partition coefficient (Wildman–Crippen LogP) is 7.04. The summed E-state index contributed by atoms with van der Waals surface area (Å²) in [5.41, 5.74) is 9.63. The molecule has 3 rings (SSSR count). The Balaban J connectivity index is 0.00000441. The summed E-state index contributed by atoms with van der Waals surface area (Å²) in [5.74, 6) is 0. The van der Waals surface area contributed by atoms with Crippen LogP contribution in [-0.4, -0.2) is 37.3 Å². The third-order valence-corrected chi connectivity index (χ3v) is 7.66. The van der Waals surface area contributed by atoms with Crippen molar-refractivity contribution in [3.05, 3.63) is 34.2 Å². The summed E-state index contributed by atoms with van der Waals surface area (Å²) in [6.45, 7) is 40.8. The maximum Gasteiger partial charge on any atom is 0.255 e. The minimum Gasteiger partial charge on any atom is -0.282 e. The van der Waals surface area contributed by atoms with Gasteiger partial charge in [-0.3, -0.25) is 15.3 Å². The molecule has 0 fully saturated rings. The summed E-state index contributed by atoms with van der Waals surface area (Å²) in [5, 5.41) is 25.9. The van der Waals surface area contributed by atoms with Crippen LogP contribution < -0.4 is 16.4 Å². The molecule has 0 aromatic carbocycles. The van der Waals surface area contributed by atoms with Crippen LogP contribution in [0.25, 0.3) is 0 Å². The van der Waals surface area contributed by atoms with E-state index in [0.29, 0.717) is 0 Å². The second kappa shape index (κ2) is 12.0. The summed E-state index contributed by atoms with van der Waals surface area (Å²) in [7, 11) is 0. The van der Waals surface area contributed by atoms with Crippen LogP contribution >= 0.6 is 24.0 Å². The van der Waals surface area contributed by atoms with Gasteiger partial charge in [0, 0.05) is 90.6 Å². The smallest absolute Gasteiger partial charge is 0.255 e. The average molecular weight is 731 g/mol. The molecule has 9 heteroatoms. The summed E-state index contributed by atoms with van der Waals surface area (Å²) in [4.78, 5) is 0. The molecule has 0 saturated heterocycles. The fourth-order valence-electron chi connectivity index (χ4n) is 5.76. The first-order valence-electron chi connectivity index (χ1n) is 15.0. The van der Waals surface area contributed by atoms with E-state index in [1.165, 1.54) is 33.5 Å². The fraction of sp³-hybridized carbons (Fsp3) is 0.727. The number of hydrogen-bond donors (Lipinski definition) is 3. The summed E-state index contributed by atoms with van der Waals surface area (Å²) in [6.07, 6.45) is 0. The molecule has 0 amide bonds. The average Bonchev–Trinajstić information content (AvgIpc) is 3.42. The van der Waals surface area contributed by atoms with E-state index < -0.39 is 0 Å². The second-order valence-electron chi connectivity index (χ2n) is 18.0. The Morgan fingerprint density at radius 2 is 0.571 bits per heavy atom. The Morgan fingerprint density at radius 1 is 0.381 bits per heavy atom. The third-order valence-electron chi connectivity index (χ3n) is 7.66. The van der Waals surface area contributed by atoms with Gasteiger partial charge in [0.25, 0.3) is 6.71 Å². The predicted molar refractivity (Wildman–Crippen MR) is 187 cm³/mol. The Kier molecular flexibility index (Phi) is 11.2. The number of aromatic nitrogens is 6. The van der Waals surface area contributed by atoms with Crippen LogP contribution in [-0.2, 0) is 49.6 Å². The van der Waals surface area contributed by atoms with Crippen molar-refractivity contribution in [2.45, 2.75) is 157 Å². The van der Waals surface area contributed by atoms with Crippen LogP contribution in [0, 0.1) is 0 Å². The van der Waals surface area contributed by atoms with Gasteiger partial charge in [-0.25, -0.2) is 0 Å². The van der Waals surface area contributed by atoms with Gasteiger partial charge in [-0.15, -0.1) is 0 Å². The van der Waals surface area contributed by atoms with Gasteiger partial charge in [-0.05, 0) is 16.4 Å². The zero-order valence-corrected chi connectivity index (χ0v) is 32.9. The van der Waals surface area contributed by atoms with E-state index in [2.05, 4.69) is 140 Å². The molecule has 3 N–H and O–H groups in total. The van der Waals surface area contributed by atoms with Crippen molar-refractivity contribution in [2.75, 3.05) is 0 Å². The van der Waals surface area contributed by atoms with E-state index in [4.69, 9.17) is 15.3 Å². The molecule has 237 valence electrons. The maximum absolute atomic E-state index is 5.08. The monoisotopic (exact) mass is 731 g/mol. The first-order valence-corrected chi connectivity index (χ1v) is 15.0. The van der Waals surface area contributed by atoms with Gasteiger partial charge in [0.05, 0.1) is 17.1 Å². The molecule has 42 heavy (non-hydrogen) atoms. The van der Waals surface area contributed by atoms with E-state index in [9.17, 15) is 0 Å².